The maximum Gasteiger partial charge on any atom is 0.307 e. The molecule has 1 N–H and O–H groups in total. The van der Waals surface area contributed by atoms with Crippen molar-refractivity contribution in [3.63, 3.8) is 0 Å². The van der Waals surface area contributed by atoms with E-state index < -0.39 is 11.9 Å². The molecule has 0 aromatic carbocycles. The minimum absolute atomic E-state index is 0.0254. The number of amides is 1. The fraction of sp³-hybridized carbons (Fsp3) is 0.733. The van der Waals surface area contributed by atoms with Crippen LogP contribution in [0.15, 0.2) is 0 Å². The van der Waals surface area contributed by atoms with Gasteiger partial charge in [-0.05, 0) is 12.8 Å². The van der Waals surface area contributed by atoms with E-state index in [2.05, 4.69) is 10.8 Å². The number of nitrogens with zero attached hydrogens (tertiary/aromatic N) is 2. The Morgan fingerprint density at radius 3 is 2.25 bits per heavy atom. The minimum atomic E-state index is -0.825. The third-order valence-electron chi connectivity index (χ3n) is 4.40. The molecule has 5 heteroatoms. The Balaban J connectivity index is 1.94. The van der Waals surface area contributed by atoms with Gasteiger partial charge in [0.25, 0.3) is 0 Å². The van der Waals surface area contributed by atoms with Gasteiger partial charge in [-0.2, -0.15) is 0 Å². The molecule has 2 fully saturated rings. The lowest BCUT2D eigenvalue weighted by molar-refractivity contribution is -0.153. The molecule has 0 spiro atoms. The summed E-state index contributed by atoms with van der Waals surface area (Å²) in [6, 6.07) is 0. The third kappa shape index (κ3) is 3.31. The van der Waals surface area contributed by atoms with Crippen molar-refractivity contribution in [1.82, 2.24) is 9.80 Å². The highest BCUT2D eigenvalue weighted by Crippen LogP contribution is 2.32. The maximum atomic E-state index is 12.5. The molecule has 1 aliphatic heterocycles. The van der Waals surface area contributed by atoms with Crippen LogP contribution in [0.4, 0.5) is 0 Å². The molecule has 1 heterocycles. The van der Waals surface area contributed by atoms with Crippen molar-refractivity contribution in [3.05, 3.63) is 0 Å². The maximum absolute atomic E-state index is 12.5. The summed E-state index contributed by atoms with van der Waals surface area (Å²) in [6.45, 7) is 3.48. The van der Waals surface area contributed by atoms with Crippen LogP contribution in [0.2, 0.25) is 0 Å². The molecule has 2 unspecified atom stereocenters. The predicted molar refractivity (Wildman–Crippen MR) is 74.9 cm³/mol. The molecule has 5 nitrogen and oxygen atoms in total. The quantitative estimate of drug-likeness (QED) is 0.770. The van der Waals surface area contributed by atoms with Crippen LogP contribution in [0, 0.1) is 24.2 Å². The monoisotopic (exact) mass is 278 g/mol. The zero-order chi connectivity index (χ0) is 14.5. The molecule has 1 amide bonds. The molecule has 1 aliphatic carbocycles. The van der Waals surface area contributed by atoms with E-state index in [0.717, 1.165) is 25.9 Å². The van der Waals surface area contributed by atoms with Gasteiger partial charge in [0.1, 0.15) is 0 Å². The number of hydrogen-bond donors (Lipinski definition) is 1. The molecule has 2 atom stereocenters. The van der Waals surface area contributed by atoms with Crippen molar-refractivity contribution in [1.29, 1.82) is 0 Å². The Hall–Kier alpha value is -1.54. The van der Waals surface area contributed by atoms with Crippen LogP contribution in [0.3, 0.4) is 0 Å². The van der Waals surface area contributed by atoms with Crippen molar-refractivity contribution >= 4 is 11.9 Å². The van der Waals surface area contributed by atoms with Crippen LogP contribution >= 0.6 is 0 Å². The van der Waals surface area contributed by atoms with E-state index >= 15 is 0 Å². The summed E-state index contributed by atoms with van der Waals surface area (Å²) in [7, 11) is 0. The van der Waals surface area contributed by atoms with Crippen LogP contribution in [-0.4, -0.2) is 59.5 Å². The smallest absolute Gasteiger partial charge is 0.307 e. The lowest BCUT2D eigenvalue weighted by atomic mass is 9.78. The molecule has 2 rings (SSSR count). The molecule has 0 radical (unpaired) electrons. The van der Waals surface area contributed by atoms with Gasteiger partial charge in [-0.15, -0.1) is 6.42 Å². The fourth-order valence-electron chi connectivity index (χ4n) is 3.21. The van der Waals surface area contributed by atoms with Gasteiger partial charge in [-0.3, -0.25) is 14.5 Å². The zero-order valence-electron chi connectivity index (χ0n) is 11.8. The molecule has 0 aromatic heterocycles. The Morgan fingerprint density at radius 1 is 1.10 bits per heavy atom. The molecule has 0 bridgehead atoms. The van der Waals surface area contributed by atoms with Crippen molar-refractivity contribution in [2.45, 2.75) is 25.7 Å². The standard InChI is InChI=1S/C15H22N2O3/c1-2-7-16-8-10-17(11-9-16)14(18)12-5-3-4-6-13(12)15(19)20/h1,12-13H,3-11H2,(H,19,20). The molecular weight excluding hydrogens is 256 g/mol. The first-order chi connectivity index (χ1) is 9.63. The van der Waals surface area contributed by atoms with Crippen molar-refractivity contribution in [2.75, 3.05) is 32.7 Å². The number of piperazine rings is 1. The number of hydrogen-bond acceptors (Lipinski definition) is 3. The molecular formula is C15H22N2O3. The first-order valence-corrected chi connectivity index (χ1v) is 7.31. The Labute approximate surface area is 119 Å². The molecule has 1 saturated heterocycles. The minimum Gasteiger partial charge on any atom is -0.481 e. The summed E-state index contributed by atoms with van der Waals surface area (Å²) in [5, 5.41) is 9.27. The van der Waals surface area contributed by atoms with E-state index in [9.17, 15) is 14.7 Å². The van der Waals surface area contributed by atoms with Gasteiger partial charge >= 0.3 is 5.97 Å². The third-order valence-corrected chi connectivity index (χ3v) is 4.40. The van der Waals surface area contributed by atoms with E-state index in [4.69, 9.17) is 6.42 Å². The van der Waals surface area contributed by atoms with Gasteiger partial charge in [-0.1, -0.05) is 18.8 Å². The summed E-state index contributed by atoms with van der Waals surface area (Å²) in [5.74, 6) is 0.979. The average molecular weight is 278 g/mol. The van der Waals surface area contributed by atoms with Crippen LogP contribution in [0.25, 0.3) is 0 Å². The summed E-state index contributed by atoms with van der Waals surface area (Å²) in [4.78, 5) is 27.8. The van der Waals surface area contributed by atoms with Gasteiger partial charge < -0.3 is 10.0 Å². The number of carboxylic acids is 1. The zero-order valence-corrected chi connectivity index (χ0v) is 11.8. The second-order valence-corrected chi connectivity index (χ2v) is 5.64. The first-order valence-electron chi connectivity index (χ1n) is 7.31. The molecule has 110 valence electrons. The number of carbonyl (C=O) groups excluding carboxylic acids is 1. The Bertz CT molecular complexity index is 408. The fourth-order valence-corrected chi connectivity index (χ4v) is 3.21. The van der Waals surface area contributed by atoms with E-state index in [-0.39, 0.29) is 11.8 Å². The average Bonchev–Trinajstić information content (AvgIpc) is 2.47. The molecule has 20 heavy (non-hydrogen) atoms. The van der Waals surface area contributed by atoms with Crippen molar-refractivity contribution < 1.29 is 14.7 Å². The number of carboxylic acid groups (broad SMARTS) is 1. The Kier molecular flexibility index (Phi) is 5.02. The van der Waals surface area contributed by atoms with Gasteiger partial charge in [0.05, 0.1) is 18.4 Å². The number of rotatable bonds is 3. The van der Waals surface area contributed by atoms with Crippen molar-refractivity contribution in [3.8, 4) is 12.3 Å². The van der Waals surface area contributed by atoms with Gasteiger partial charge in [0, 0.05) is 26.2 Å². The first kappa shape index (κ1) is 14.9. The topological polar surface area (TPSA) is 60.9 Å². The number of aliphatic carboxylic acids is 1. The highest BCUT2D eigenvalue weighted by molar-refractivity contribution is 5.85. The molecule has 2 aliphatic rings. The van der Waals surface area contributed by atoms with E-state index in [0.29, 0.717) is 32.5 Å². The van der Waals surface area contributed by atoms with Crippen LogP contribution in [-0.2, 0) is 9.59 Å². The highest BCUT2D eigenvalue weighted by Gasteiger charge is 2.38. The van der Waals surface area contributed by atoms with E-state index in [1.807, 2.05) is 4.90 Å². The van der Waals surface area contributed by atoms with E-state index in [1.165, 1.54) is 0 Å². The Morgan fingerprint density at radius 2 is 1.70 bits per heavy atom. The van der Waals surface area contributed by atoms with E-state index in [1.54, 1.807) is 0 Å². The summed E-state index contributed by atoms with van der Waals surface area (Å²) >= 11 is 0. The number of carbonyl (C=O) groups is 2. The van der Waals surface area contributed by atoms with Crippen LogP contribution in [0.5, 0.6) is 0 Å². The van der Waals surface area contributed by atoms with Gasteiger partial charge in [-0.25, -0.2) is 0 Å². The lowest BCUT2D eigenvalue weighted by Gasteiger charge is -2.37. The summed E-state index contributed by atoms with van der Waals surface area (Å²) < 4.78 is 0. The molecule has 1 saturated carbocycles. The second kappa shape index (κ2) is 6.76. The van der Waals surface area contributed by atoms with Crippen LogP contribution in [0.1, 0.15) is 25.7 Å². The number of terminal acetylenes is 1. The lowest BCUT2D eigenvalue weighted by Crippen LogP contribution is -2.52. The van der Waals surface area contributed by atoms with Gasteiger partial charge in [0.15, 0.2) is 0 Å². The highest BCUT2D eigenvalue weighted by atomic mass is 16.4. The SMILES string of the molecule is C#CCN1CCN(C(=O)C2CCCCC2C(=O)O)CC1. The van der Waals surface area contributed by atoms with Crippen molar-refractivity contribution in [2.24, 2.45) is 11.8 Å². The van der Waals surface area contributed by atoms with Gasteiger partial charge in [0.2, 0.25) is 5.91 Å². The largest absolute Gasteiger partial charge is 0.481 e. The second-order valence-electron chi connectivity index (χ2n) is 5.64. The normalized spacial score (nSPS) is 27.9. The summed E-state index contributed by atoms with van der Waals surface area (Å²) in [5.41, 5.74) is 0. The molecule has 0 aromatic rings. The predicted octanol–water partition coefficient (Wildman–Crippen LogP) is 0.655. The summed E-state index contributed by atoms with van der Waals surface area (Å²) in [6.07, 6.45) is 8.49. The van der Waals surface area contributed by atoms with Crippen LogP contribution < -0.4 is 0 Å².